The van der Waals surface area contributed by atoms with Gasteiger partial charge in [0.05, 0.1) is 4.90 Å². The molecule has 3 aromatic rings. The van der Waals surface area contributed by atoms with E-state index in [1.165, 1.54) is 12.1 Å². The van der Waals surface area contributed by atoms with Crippen molar-refractivity contribution in [1.29, 1.82) is 0 Å². The van der Waals surface area contributed by atoms with Gasteiger partial charge in [-0.1, -0.05) is 25.0 Å². The lowest BCUT2D eigenvalue weighted by Crippen LogP contribution is -2.31. The van der Waals surface area contributed by atoms with Crippen LogP contribution in [0.25, 0.3) is 10.9 Å². The number of carbonyl (C=O) groups excluding carboxylic acids is 1. The van der Waals surface area contributed by atoms with Crippen molar-refractivity contribution in [2.75, 3.05) is 13.1 Å². The van der Waals surface area contributed by atoms with Gasteiger partial charge in [-0.05, 0) is 54.8 Å². The highest BCUT2D eigenvalue weighted by atomic mass is 32.2. The molecule has 0 atom stereocenters. The number of amides is 1. The minimum Gasteiger partial charge on any atom is -0.350 e. The maximum atomic E-state index is 13.3. The van der Waals surface area contributed by atoms with Crippen molar-refractivity contribution < 1.29 is 17.6 Å². The fraction of sp³-hybridized carbons (Fsp3) is 0.348. The molecule has 31 heavy (non-hydrogen) atoms. The van der Waals surface area contributed by atoms with E-state index in [9.17, 15) is 17.6 Å². The first-order valence-corrected chi connectivity index (χ1v) is 12.0. The highest BCUT2D eigenvalue weighted by Gasteiger charge is 2.25. The second kappa shape index (κ2) is 9.20. The molecule has 1 amide bonds. The summed E-state index contributed by atoms with van der Waals surface area (Å²) in [5, 5.41) is 3.56. The number of rotatable bonds is 6. The van der Waals surface area contributed by atoms with E-state index in [4.69, 9.17) is 0 Å². The van der Waals surface area contributed by atoms with Gasteiger partial charge in [-0.3, -0.25) is 4.79 Å². The maximum Gasteiger partial charge on any atom is 0.243 e. The Hall–Kier alpha value is -2.71. The van der Waals surface area contributed by atoms with Crippen LogP contribution in [0.1, 0.15) is 31.2 Å². The Morgan fingerprint density at radius 2 is 1.77 bits per heavy atom. The van der Waals surface area contributed by atoms with E-state index in [0.717, 1.165) is 36.6 Å². The number of aromatic nitrogens is 1. The SMILES string of the molecule is O=C(Cn1ccc2cc(S(=O)(=O)N3CCCCCC3)ccc21)NCc1cccc(F)c1. The first kappa shape index (κ1) is 21.5. The highest BCUT2D eigenvalue weighted by molar-refractivity contribution is 7.89. The van der Waals surface area contributed by atoms with Crippen molar-refractivity contribution in [3.63, 3.8) is 0 Å². The third-order valence-electron chi connectivity index (χ3n) is 5.64. The molecular weight excluding hydrogens is 417 g/mol. The van der Waals surface area contributed by atoms with Crippen LogP contribution in [0.15, 0.2) is 59.6 Å². The van der Waals surface area contributed by atoms with Crippen LogP contribution in [0.4, 0.5) is 4.39 Å². The Balaban J connectivity index is 1.46. The molecule has 1 aromatic heterocycles. The van der Waals surface area contributed by atoms with Gasteiger partial charge in [0.25, 0.3) is 0 Å². The summed E-state index contributed by atoms with van der Waals surface area (Å²) in [5.41, 5.74) is 1.48. The second-order valence-electron chi connectivity index (χ2n) is 7.89. The predicted molar refractivity (Wildman–Crippen MR) is 117 cm³/mol. The van der Waals surface area contributed by atoms with Gasteiger partial charge in [-0.15, -0.1) is 0 Å². The number of nitrogens with one attached hydrogen (secondary N) is 1. The zero-order chi connectivity index (χ0) is 21.8. The van der Waals surface area contributed by atoms with E-state index in [1.54, 1.807) is 45.4 Å². The van der Waals surface area contributed by atoms with Crippen molar-refractivity contribution in [2.45, 2.75) is 43.7 Å². The fourth-order valence-corrected chi connectivity index (χ4v) is 5.52. The van der Waals surface area contributed by atoms with E-state index in [1.807, 2.05) is 6.07 Å². The lowest BCUT2D eigenvalue weighted by atomic mass is 10.2. The van der Waals surface area contributed by atoms with Gasteiger partial charge < -0.3 is 9.88 Å². The summed E-state index contributed by atoms with van der Waals surface area (Å²) in [4.78, 5) is 12.6. The van der Waals surface area contributed by atoms with Crippen LogP contribution in [0.2, 0.25) is 0 Å². The number of sulfonamides is 1. The minimum atomic E-state index is -3.52. The number of benzene rings is 2. The molecule has 8 heteroatoms. The van der Waals surface area contributed by atoms with Gasteiger partial charge >= 0.3 is 0 Å². The number of carbonyl (C=O) groups is 1. The molecule has 0 bridgehead atoms. The standard InChI is InChI=1S/C23H26FN3O3S/c24-20-7-5-6-18(14-20)16-25-23(28)17-26-13-10-19-15-21(8-9-22(19)26)31(29,30)27-11-3-1-2-4-12-27/h5-10,13-15H,1-4,11-12,16-17H2,(H,25,28). The van der Waals surface area contributed by atoms with Crippen LogP contribution in [0.5, 0.6) is 0 Å². The Labute approximate surface area is 181 Å². The molecule has 0 aliphatic carbocycles. The van der Waals surface area contributed by atoms with Gasteiger partial charge in [-0.25, -0.2) is 12.8 Å². The molecule has 1 N–H and O–H groups in total. The molecule has 1 aliphatic heterocycles. The largest absolute Gasteiger partial charge is 0.350 e. The molecule has 0 spiro atoms. The summed E-state index contributed by atoms with van der Waals surface area (Å²) in [6.45, 7) is 1.46. The van der Waals surface area contributed by atoms with E-state index >= 15 is 0 Å². The molecule has 0 unspecified atom stereocenters. The summed E-state index contributed by atoms with van der Waals surface area (Å²) in [7, 11) is -3.52. The van der Waals surface area contributed by atoms with E-state index < -0.39 is 10.0 Å². The second-order valence-corrected chi connectivity index (χ2v) is 9.83. The minimum absolute atomic E-state index is 0.0943. The van der Waals surface area contributed by atoms with Gasteiger partial charge in [-0.2, -0.15) is 4.31 Å². The number of fused-ring (bicyclic) bond motifs is 1. The summed E-state index contributed by atoms with van der Waals surface area (Å²) >= 11 is 0. The molecular formula is C23H26FN3O3S. The number of hydrogen-bond donors (Lipinski definition) is 1. The van der Waals surface area contributed by atoms with Crippen molar-refractivity contribution >= 4 is 26.8 Å². The molecule has 6 nitrogen and oxygen atoms in total. The number of hydrogen-bond acceptors (Lipinski definition) is 3. The molecule has 0 saturated carbocycles. The van der Waals surface area contributed by atoms with Crippen molar-refractivity contribution in [3.8, 4) is 0 Å². The van der Waals surface area contributed by atoms with Crippen LogP contribution < -0.4 is 5.32 Å². The Morgan fingerprint density at radius 3 is 2.52 bits per heavy atom. The Kier molecular flexibility index (Phi) is 6.38. The molecule has 164 valence electrons. The average Bonchev–Trinajstić information content (AvgIpc) is 2.96. The number of halogens is 1. The summed E-state index contributed by atoms with van der Waals surface area (Å²) in [6.07, 6.45) is 5.68. The zero-order valence-corrected chi connectivity index (χ0v) is 18.1. The van der Waals surface area contributed by atoms with Crippen LogP contribution >= 0.6 is 0 Å². The quantitative estimate of drug-likeness (QED) is 0.632. The maximum absolute atomic E-state index is 13.3. The van der Waals surface area contributed by atoms with E-state index in [0.29, 0.717) is 18.7 Å². The van der Waals surface area contributed by atoms with Gasteiger partial charge in [0, 0.05) is 36.7 Å². The molecule has 4 rings (SSSR count). The van der Waals surface area contributed by atoms with Gasteiger partial charge in [0.15, 0.2) is 0 Å². The summed E-state index contributed by atoms with van der Waals surface area (Å²) in [6, 6.07) is 13.0. The van der Waals surface area contributed by atoms with Crippen molar-refractivity contribution in [2.24, 2.45) is 0 Å². The summed E-state index contributed by atoms with van der Waals surface area (Å²) in [5.74, 6) is -0.544. The van der Waals surface area contributed by atoms with E-state index in [2.05, 4.69) is 5.32 Å². The third kappa shape index (κ3) is 4.97. The van der Waals surface area contributed by atoms with Crippen LogP contribution in [0, 0.1) is 5.82 Å². The summed E-state index contributed by atoms with van der Waals surface area (Å²) < 4.78 is 42.7. The smallest absolute Gasteiger partial charge is 0.243 e. The molecule has 1 aliphatic rings. The van der Waals surface area contributed by atoms with Gasteiger partial charge in [0.1, 0.15) is 12.4 Å². The topological polar surface area (TPSA) is 71.4 Å². The Bertz CT molecular complexity index is 1180. The average molecular weight is 444 g/mol. The van der Waals surface area contributed by atoms with Crippen LogP contribution in [0.3, 0.4) is 0 Å². The molecule has 0 radical (unpaired) electrons. The first-order chi connectivity index (χ1) is 14.9. The highest BCUT2D eigenvalue weighted by Crippen LogP contribution is 2.25. The molecule has 2 aromatic carbocycles. The van der Waals surface area contributed by atoms with Crippen LogP contribution in [-0.4, -0.2) is 36.3 Å². The Morgan fingerprint density at radius 1 is 1.00 bits per heavy atom. The molecule has 1 fully saturated rings. The van der Waals surface area contributed by atoms with Crippen LogP contribution in [-0.2, 0) is 27.9 Å². The number of nitrogens with zero attached hydrogens (tertiary/aromatic N) is 2. The monoisotopic (exact) mass is 443 g/mol. The normalized spacial score (nSPS) is 15.6. The van der Waals surface area contributed by atoms with E-state index in [-0.39, 0.29) is 29.7 Å². The lowest BCUT2D eigenvalue weighted by molar-refractivity contribution is -0.121. The fourth-order valence-electron chi connectivity index (χ4n) is 3.97. The zero-order valence-electron chi connectivity index (χ0n) is 17.3. The molecule has 1 saturated heterocycles. The predicted octanol–water partition coefficient (Wildman–Crippen LogP) is 3.66. The first-order valence-electron chi connectivity index (χ1n) is 10.5. The van der Waals surface area contributed by atoms with Crippen molar-refractivity contribution in [3.05, 3.63) is 66.1 Å². The molecule has 2 heterocycles. The van der Waals surface area contributed by atoms with Gasteiger partial charge in [0.2, 0.25) is 15.9 Å². The lowest BCUT2D eigenvalue weighted by Gasteiger charge is -2.20. The third-order valence-corrected chi connectivity index (χ3v) is 7.53. The van der Waals surface area contributed by atoms with Crippen molar-refractivity contribution in [1.82, 2.24) is 14.2 Å².